The van der Waals surface area contributed by atoms with Crippen molar-refractivity contribution in [2.24, 2.45) is 0 Å². The fourth-order valence-electron chi connectivity index (χ4n) is 3.47. The lowest BCUT2D eigenvalue weighted by Gasteiger charge is -2.11. The minimum Gasteiger partial charge on any atom is -0.361 e. The van der Waals surface area contributed by atoms with Crippen LogP contribution in [0, 0.1) is 0 Å². The third kappa shape index (κ3) is 3.46. The molecule has 2 heterocycles. The summed E-state index contributed by atoms with van der Waals surface area (Å²) in [6.45, 7) is 0.607. The monoisotopic (exact) mass is 368 g/mol. The topological polar surface area (TPSA) is 69.0 Å². The molecule has 4 N–H and O–H groups in total. The Kier molecular flexibility index (Phi) is 4.93. The molecule has 0 radical (unpaired) electrons. The van der Waals surface area contributed by atoms with Crippen LogP contribution in [-0.4, -0.2) is 23.5 Å². The molecular weight excluding hydrogens is 348 g/mol. The maximum absolute atomic E-state index is 12.4. The lowest BCUT2D eigenvalue weighted by Crippen LogP contribution is -2.43. The average molecular weight is 369 g/mol. The van der Waals surface area contributed by atoms with Gasteiger partial charge >= 0.3 is 0 Å². The molecule has 3 aromatic rings. The molecule has 1 fully saturated rings. The van der Waals surface area contributed by atoms with Crippen molar-refractivity contribution in [2.75, 3.05) is 6.54 Å². The summed E-state index contributed by atoms with van der Waals surface area (Å²) in [5, 5.41) is 4.95. The molecular formula is C20H21ClN4O. The Bertz CT molecular complexity index is 923. The van der Waals surface area contributed by atoms with Crippen LogP contribution in [0.4, 0.5) is 0 Å². The van der Waals surface area contributed by atoms with Gasteiger partial charge in [0.25, 0.3) is 0 Å². The van der Waals surface area contributed by atoms with Crippen LogP contribution in [0.1, 0.15) is 23.6 Å². The van der Waals surface area contributed by atoms with E-state index in [1.165, 1.54) is 10.9 Å². The van der Waals surface area contributed by atoms with Crippen LogP contribution < -0.4 is 16.2 Å². The zero-order valence-corrected chi connectivity index (χ0v) is 15.0. The predicted molar refractivity (Wildman–Crippen MR) is 104 cm³/mol. The molecule has 26 heavy (non-hydrogen) atoms. The molecule has 0 spiro atoms. The third-order valence-corrected chi connectivity index (χ3v) is 5.21. The number of carbonyl (C=O) groups excluding carboxylic acids is 1. The van der Waals surface area contributed by atoms with Gasteiger partial charge in [-0.05, 0) is 36.1 Å². The molecule has 1 saturated heterocycles. The van der Waals surface area contributed by atoms with Gasteiger partial charge in [0.05, 0.1) is 0 Å². The number of nitrogens with one attached hydrogen (secondary N) is 4. The third-order valence-electron chi connectivity index (χ3n) is 4.87. The molecule has 0 aliphatic carbocycles. The number of aromatic nitrogens is 1. The molecule has 5 nitrogen and oxygen atoms in total. The van der Waals surface area contributed by atoms with Crippen molar-refractivity contribution in [3.8, 4) is 0 Å². The van der Waals surface area contributed by atoms with Gasteiger partial charge in [-0.25, -0.2) is 10.9 Å². The van der Waals surface area contributed by atoms with Gasteiger partial charge < -0.3 is 10.3 Å². The van der Waals surface area contributed by atoms with E-state index in [0.29, 0.717) is 18.0 Å². The van der Waals surface area contributed by atoms with Gasteiger partial charge in [0, 0.05) is 34.7 Å². The summed E-state index contributed by atoms with van der Waals surface area (Å²) in [7, 11) is 0. The van der Waals surface area contributed by atoms with E-state index >= 15 is 0 Å². The molecule has 1 aliphatic rings. The van der Waals surface area contributed by atoms with E-state index in [4.69, 9.17) is 11.6 Å². The lowest BCUT2D eigenvalue weighted by molar-refractivity contribution is -0.122. The zero-order valence-electron chi connectivity index (χ0n) is 14.3. The maximum atomic E-state index is 12.4. The molecule has 2 atom stereocenters. The minimum atomic E-state index is -0.265. The Hall–Kier alpha value is -2.34. The summed E-state index contributed by atoms with van der Waals surface area (Å²) < 4.78 is 0. The van der Waals surface area contributed by atoms with Crippen molar-refractivity contribution in [2.45, 2.75) is 24.9 Å². The van der Waals surface area contributed by atoms with E-state index in [1.54, 1.807) is 0 Å². The average Bonchev–Trinajstić information content (AvgIpc) is 3.30. The van der Waals surface area contributed by atoms with Crippen LogP contribution in [0.15, 0.2) is 54.7 Å². The summed E-state index contributed by atoms with van der Waals surface area (Å²) in [5.41, 5.74) is 9.60. The normalized spacial score (nSPS) is 19.7. The summed E-state index contributed by atoms with van der Waals surface area (Å²) in [6, 6.07) is 15.7. The molecule has 0 bridgehead atoms. The molecule has 1 amide bonds. The van der Waals surface area contributed by atoms with Gasteiger partial charge in [-0.15, -0.1) is 0 Å². The second-order valence-corrected chi connectivity index (χ2v) is 6.96. The largest absolute Gasteiger partial charge is 0.361 e. The van der Waals surface area contributed by atoms with Crippen LogP contribution in [0.5, 0.6) is 0 Å². The fourth-order valence-corrected chi connectivity index (χ4v) is 3.74. The van der Waals surface area contributed by atoms with Gasteiger partial charge in [-0.2, -0.15) is 0 Å². The van der Waals surface area contributed by atoms with E-state index in [0.717, 1.165) is 17.5 Å². The highest BCUT2D eigenvalue weighted by Crippen LogP contribution is 2.28. The van der Waals surface area contributed by atoms with Gasteiger partial charge in [0.1, 0.15) is 6.04 Å². The van der Waals surface area contributed by atoms with Gasteiger partial charge in [0.2, 0.25) is 5.91 Å². The van der Waals surface area contributed by atoms with E-state index in [2.05, 4.69) is 33.3 Å². The summed E-state index contributed by atoms with van der Waals surface area (Å²) in [4.78, 5) is 15.7. The van der Waals surface area contributed by atoms with E-state index < -0.39 is 0 Å². The van der Waals surface area contributed by atoms with Crippen molar-refractivity contribution >= 4 is 28.4 Å². The second kappa shape index (κ2) is 7.50. The first-order valence-electron chi connectivity index (χ1n) is 8.80. The number of benzene rings is 2. The molecule has 6 heteroatoms. The maximum Gasteiger partial charge on any atom is 0.238 e. The van der Waals surface area contributed by atoms with Crippen LogP contribution in [0.2, 0.25) is 5.02 Å². The van der Waals surface area contributed by atoms with Crippen molar-refractivity contribution in [1.82, 2.24) is 21.2 Å². The van der Waals surface area contributed by atoms with Gasteiger partial charge in [-0.3, -0.25) is 4.79 Å². The highest BCUT2D eigenvalue weighted by Gasteiger charge is 2.30. The number of rotatable bonds is 5. The standard InChI is InChI=1S/C20H21ClN4O/c21-16-7-3-1-6-15(16)18-11-19(25-24-18)20(26)22-10-9-13-12-23-17-8-4-2-5-14(13)17/h1-8,12,18-19,23-25H,9-11H2,(H,22,26). The number of fused-ring (bicyclic) bond motifs is 1. The Morgan fingerprint density at radius 1 is 1.12 bits per heavy atom. The summed E-state index contributed by atoms with van der Waals surface area (Å²) in [6.07, 6.45) is 3.48. The smallest absolute Gasteiger partial charge is 0.238 e. The number of hydrogen-bond acceptors (Lipinski definition) is 3. The molecule has 1 aliphatic heterocycles. The molecule has 2 unspecified atom stereocenters. The first-order valence-corrected chi connectivity index (χ1v) is 9.18. The number of para-hydroxylation sites is 1. The van der Waals surface area contributed by atoms with Crippen molar-refractivity contribution in [3.63, 3.8) is 0 Å². The van der Waals surface area contributed by atoms with Gasteiger partial charge in [0.15, 0.2) is 0 Å². The predicted octanol–water partition coefficient (Wildman–Crippen LogP) is 3.09. The minimum absolute atomic E-state index is 0.00638. The van der Waals surface area contributed by atoms with Crippen molar-refractivity contribution in [3.05, 3.63) is 70.9 Å². The number of hydrazine groups is 1. The van der Waals surface area contributed by atoms with Crippen LogP contribution >= 0.6 is 11.6 Å². The van der Waals surface area contributed by atoms with Crippen LogP contribution in [-0.2, 0) is 11.2 Å². The second-order valence-electron chi connectivity index (χ2n) is 6.55. The highest BCUT2D eigenvalue weighted by molar-refractivity contribution is 6.31. The number of hydrogen-bond donors (Lipinski definition) is 4. The Labute approximate surface area is 157 Å². The van der Waals surface area contributed by atoms with Crippen molar-refractivity contribution < 1.29 is 4.79 Å². The molecule has 0 saturated carbocycles. The molecule has 4 rings (SSSR count). The number of aromatic amines is 1. The Morgan fingerprint density at radius 2 is 1.92 bits per heavy atom. The molecule has 134 valence electrons. The Morgan fingerprint density at radius 3 is 2.81 bits per heavy atom. The number of carbonyl (C=O) groups is 1. The summed E-state index contributed by atoms with van der Waals surface area (Å²) in [5.74, 6) is 0.00638. The quantitative estimate of drug-likeness (QED) is 0.559. The first-order chi connectivity index (χ1) is 12.7. The fraction of sp³-hybridized carbons (Fsp3) is 0.250. The van der Waals surface area contributed by atoms with E-state index in [1.807, 2.05) is 42.6 Å². The Balaban J connectivity index is 1.31. The first kappa shape index (κ1) is 17.1. The van der Waals surface area contributed by atoms with E-state index in [-0.39, 0.29) is 18.0 Å². The van der Waals surface area contributed by atoms with Crippen LogP contribution in [0.25, 0.3) is 10.9 Å². The molecule has 1 aromatic heterocycles. The number of amides is 1. The van der Waals surface area contributed by atoms with Gasteiger partial charge in [-0.1, -0.05) is 48.0 Å². The zero-order chi connectivity index (χ0) is 17.9. The van der Waals surface area contributed by atoms with Crippen molar-refractivity contribution in [1.29, 1.82) is 0 Å². The number of H-pyrrole nitrogens is 1. The highest BCUT2D eigenvalue weighted by atomic mass is 35.5. The molecule has 2 aromatic carbocycles. The number of halogens is 1. The SMILES string of the molecule is O=C(NCCc1c[nH]c2ccccc12)C1CC(c2ccccc2Cl)NN1. The summed E-state index contributed by atoms with van der Waals surface area (Å²) >= 11 is 6.25. The van der Waals surface area contributed by atoms with E-state index in [9.17, 15) is 4.79 Å². The lowest BCUT2D eigenvalue weighted by atomic mass is 10.0. The van der Waals surface area contributed by atoms with Crippen LogP contribution in [0.3, 0.4) is 0 Å².